The highest BCUT2D eigenvalue weighted by molar-refractivity contribution is 5.91. The third-order valence-corrected chi connectivity index (χ3v) is 4.24. The molecule has 0 radical (unpaired) electrons. The van der Waals surface area contributed by atoms with E-state index in [1.54, 1.807) is 12.1 Å². The van der Waals surface area contributed by atoms with Gasteiger partial charge in [0.2, 0.25) is 0 Å². The minimum Gasteiger partial charge on any atom is -0.450 e. The van der Waals surface area contributed by atoms with Gasteiger partial charge in [-0.3, -0.25) is 4.84 Å². The Morgan fingerprint density at radius 1 is 1.19 bits per heavy atom. The number of allylic oxidation sites excluding steroid dienone is 4. The van der Waals surface area contributed by atoms with Crippen LogP contribution in [0, 0.1) is 10.1 Å². The Kier molecular flexibility index (Phi) is 7.34. The van der Waals surface area contributed by atoms with E-state index in [4.69, 9.17) is 4.74 Å². The summed E-state index contributed by atoms with van der Waals surface area (Å²) >= 11 is 0. The van der Waals surface area contributed by atoms with Gasteiger partial charge in [-0.1, -0.05) is 35.4 Å². The molecule has 0 saturated carbocycles. The average Bonchev–Trinajstić information content (AvgIpc) is 2.95. The van der Waals surface area contributed by atoms with Gasteiger partial charge < -0.3 is 4.74 Å². The molecule has 1 aromatic carbocycles. The molecule has 144 valence electrons. The molecular weight excluding hydrogens is 346 g/mol. The molecule has 0 spiro atoms. The van der Waals surface area contributed by atoms with Crippen molar-refractivity contribution >= 4 is 5.97 Å². The Balaban J connectivity index is 1.90. The predicted octanol–water partition coefficient (Wildman–Crippen LogP) is 5.25. The van der Waals surface area contributed by atoms with E-state index in [0.29, 0.717) is 12.0 Å². The number of cyclic esters (lactones) is 1. The summed E-state index contributed by atoms with van der Waals surface area (Å²) in [5, 5.41) is 9.47. The molecule has 1 aliphatic rings. The lowest BCUT2D eigenvalue weighted by atomic mass is 10.0. The van der Waals surface area contributed by atoms with Gasteiger partial charge >= 0.3 is 5.97 Å². The molecule has 0 aliphatic carbocycles. The maximum atomic E-state index is 12.1. The largest absolute Gasteiger partial charge is 0.450 e. The van der Waals surface area contributed by atoms with Gasteiger partial charge in [-0.25, -0.2) is 4.79 Å². The molecule has 0 saturated heterocycles. The maximum absolute atomic E-state index is 12.1. The predicted molar refractivity (Wildman–Crippen MR) is 103 cm³/mol. The Hall–Kier alpha value is -2.89. The zero-order valence-electron chi connectivity index (χ0n) is 15.9. The normalized spacial score (nSPS) is 16.6. The Morgan fingerprint density at radius 3 is 2.52 bits per heavy atom. The molecule has 1 heterocycles. The van der Waals surface area contributed by atoms with Crippen molar-refractivity contribution in [2.45, 2.75) is 52.6 Å². The van der Waals surface area contributed by atoms with Crippen LogP contribution in [0.2, 0.25) is 0 Å². The quantitative estimate of drug-likeness (QED) is 0.256. The number of hydrogen-bond acceptors (Lipinski definition) is 5. The first-order chi connectivity index (χ1) is 12.8. The summed E-state index contributed by atoms with van der Waals surface area (Å²) in [6.07, 6.45) is 9.24. The van der Waals surface area contributed by atoms with E-state index in [9.17, 15) is 14.9 Å². The van der Waals surface area contributed by atoms with Gasteiger partial charge in [0.1, 0.15) is 11.9 Å². The maximum Gasteiger partial charge on any atom is 0.334 e. The molecular formula is C21H25NO5. The molecule has 0 unspecified atom stereocenters. The summed E-state index contributed by atoms with van der Waals surface area (Å²) in [6, 6.07) is 6.28. The molecule has 0 aromatic heterocycles. The van der Waals surface area contributed by atoms with E-state index < -0.39 is 11.2 Å². The van der Waals surface area contributed by atoms with Gasteiger partial charge in [0.05, 0.1) is 0 Å². The molecule has 0 bridgehead atoms. The molecule has 0 amide bonds. The van der Waals surface area contributed by atoms with Crippen LogP contribution in [0.5, 0.6) is 5.75 Å². The molecule has 1 atom stereocenters. The van der Waals surface area contributed by atoms with Crippen LogP contribution in [-0.4, -0.2) is 11.1 Å². The van der Waals surface area contributed by atoms with Crippen molar-refractivity contribution in [1.29, 1.82) is 0 Å². The third kappa shape index (κ3) is 6.73. The van der Waals surface area contributed by atoms with Gasteiger partial charge in [0, 0.05) is 5.57 Å². The fraction of sp³-hybridized carbons (Fsp3) is 0.381. The highest BCUT2D eigenvalue weighted by Gasteiger charge is 2.26. The number of carbonyl (C=O) groups is 1. The van der Waals surface area contributed by atoms with Crippen molar-refractivity contribution in [3.63, 3.8) is 0 Å². The minimum absolute atomic E-state index is 0.131. The number of benzene rings is 1. The number of hydrogen-bond donors (Lipinski definition) is 0. The number of ether oxygens (including phenoxy) is 1. The SMILES string of the molecule is CC(C)=CCC/C(C)=C/CCC1=C[C@H](c2ccc(O[N+](=O)[O-])cc2)OC1=O. The summed E-state index contributed by atoms with van der Waals surface area (Å²) in [5.41, 5.74) is 4.06. The van der Waals surface area contributed by atoms with Crippen LogP contribution < -0.4 is 4.84 Å². The Bertz CT molecular complexity index is 770. The molecule has 27 heavy (non-hydrogen) atoms. The van der Waals surface area contributed by atoms with Crippen molar-refractivity contribution in [3.8, 4) is 5.75 Å². The summed E-state index contributed by atoms with van der Waals surface area (Å²) < 4.78 is 5.40. The second-order valence-corrected chi connectivity index (χ2v) is 6.81. The Morgan fingerprint density at radius 2 is 1.89 bits per heavy atom. The van der Waals surface area contributed by atoms with Crippen LogP contribution in [0.15, 0.2) is 59.2 Å². The number of esters is 1. The number of carbonyl (C=O) groups excluding carboxylic acids is 1. The van der Waals surface area contributed by atoms with Crippen LogP contribution in [0.25, 0.3) is 0 Å². The lowest BCUT2D eigenvalue weighted by molar-refractivity contribution is -0.711. The van der Waals surface area contributed by atoms with Crippen LogP contribution in [0.1, 0.15) is 58.1 Å². The van der Waals surface area contributed by atoms with Gasteiger partial charge in [0.15, 0.2) is 0 Å². The molecule has 6 heteroatoms. The zero-order chi connectivity index (χ0) is 19.8. The molecule has 0 fully saturated rings. The smallest absolute Gasteiger partial charge is 0.334 e. The summed E-state index contributed by atoms with van der Waals surface area (Å²) in [5.74, 6) is -0.174. The van der Waals surface area contributed by atoms with E-state index in [1.807, 2.05) is 6.08 Å². The fourth-order valence-electron chi connectivity index (χ4n) is 2.79. The second kappa shape index (κ2) is 9.71. The number of rotatable bonds is 9. The van der Waals surface area contributed by atoms with Crippen LogP contribution >= 0.6 is 0 Å². The van der Waals surface area contributed by atoms with Crippen molar-refractivity contribution in [2.75, 3.05) is 0 Å². The van der Waals surface area contributed by atoms with Gasteiger partial charge in [0.25, 0.3) is 5.09 Å². The first-order valence-corrected chi connectivity index (χ1v) is 8.98. The van der Waals surface area contributed by atoms with Crippen molar-refractivity contribution in [1.82, 2.24) is 0 Å². The van der Waals surface area contributed by atoms with Crippen molar-refractivity contribution in [2.24, 2.45) is 0 Å². The summed E-state index contributed by atoms with van der Waals surface area (Å²) in [4.78, 5) is 26.8. The lowest BCUT2D eigenvalue weighted by Crippen LogP contribution is -2.04. The molecule has 1 aliphatic heterocycles. The zero-order valence-corrected chi connectivity index (χ0v) is 15.9. The van der Waals surface area contributed by atoms with Crippen molar-refractivity contribution in [3.05, 3.63) is 74.9 Å². The van der Waals surface area contributed by atoms with Gasteiger partial charge in [-0.05, 0) is 70.2 Å². The second-order valence-electron chi connectivity index (χ2n) is 6.81. The standard InChI is InChI=1S/C21H25NO5/c1-15(2)6-4-7-16(3)8-5-9-18-14-20(26-21(18)23)17-10-12-19(13-11-17)27-22(24)25/h6,8,10-14,20H,4-5,7,9H2,1-3H3/b16-8+/t20-/m1/s1. The number of nitrogens with zero attached hydrogens (tertiary/aromatic N) is 1. The van der Waals surface area contributed by atoms with E-state index in [1.165, 1.54) is 23.3 Å². The van der Waals surface area contributed by atoms with Crippen LogP contribution in [0.4, 0.5) is 0 Å². The van der Waals surface area contributed by atoms with E-state index >= 15 is 0 Å². The van der Waals surface area contributed by atoms with Crippen LogP contribution in [-0.2, 0) is 9.53 Å². The summed E-state index contributed by atoms with van der Waals surface area (Å²) in [6.45, 7) is 6.30. The molecule has 6 nitrogen and oxygen atoms in total. The summed E-state index contributed by atoms with van der Waals surface area (Å²) in [7, 11) is 0. The van der Waals surface area contributed by atoms with Crippen molar-refractivity contribution < 1.29 is 19.5 Å². The molecule has 0 N–H and O–H groups in total. The topological polar surface area (TPSA) is 78.7 Å². The molecule has 2 rings (SSSR count). The highest BCUT2D eigenvalue weighted by Crippen LogP contribution is 2.31. The highest BCUT2D eigenvalue weighted by atomic mass is 17.0. The van der Waals surface area contributed by atoms with Crippen LogP contribution in [0.3, 0.4) is 0 Å². The molecule has 1 aromatic rings. The fourth-order valence-corrected chi connectivity index (χ4v) is 2.79. The van der Waals surface area contributed by atoms with E-state index in [2.05, 4.69) is 37.8 Å². The first kappa shape index (κ1) is 20.4. The average molecular weight is 371 g/mol. The Labute approximate surface area is 159 Å². The van der Waals surface area contributed by atoms with Gasteiger partial charge in [-0.15, -0.1) is 10.1 Å². The van der Waals surface area contributed by atoms with E-state index in [-0.39, 0.29) is 11.7 Å². The third-order valence-electron chi connectivity index (χ3n) is 4.24. The minimum atomic E-state index is -0.863. The first-order valence-electron chi connectivity index (χ1n) is 8.98. The van der Waals surface area contributed by atoms with E-state index in [0.717, 1.165) is 24.8 Å². The lowest BCUT2D eigenvalue weighted by Gasteiger charge is -2.08. The monoisotopic (exact) mass is 371 g/mol. The van der Waals surface area contributed by atoms with Gasteiger partial charge in [-0.2, -0.15) is 0 Å².